The van der Waals surface area contributed by atoms with Gasteiger partial charge in [0.05, 0.1) is 19.0 Å². The van der Waals surface area contributed by atoms with Crippen molar-refractivity contribution in [2.75, 3.05) is 17.7 Å². The van der Waals surface area contributed by atoms with Gasteiger partial charge in [-0.1, -0.05) is 36.4 Å². The highest BCUT2D eigenvalue weighted by Gasteiger charge is 2.21. The number of esters is 1. The summed E-state index contributed by atoms with van der Waals surface area (Å²) in [5.74, 6) is 0.997. The zero-order chi connectivity index (χ0) is 26.6. The van der Waals surface area contributed by atoms with E-state index in [-0.39, 0.29) is 12.0 Å². The molecule has 198 valence electrons. The Hall–Kier alpha value is -3.98. The van der Waals surface area contributed by atoms with Crippen LogP contribution in [0, 0.1) is 0 Å². The van der Waals surface area contributed by atoms with E-state index in [1.54, 1.807) is 12.1 Å². The quantitative estimate of drug-likeness (QED) is 0.277. The van der Waals surface area contributed by atoms with Crippen LogP contribution in [0.5, 0.6) is 0 Å². The lowest BCUT2D eigenvalue weighted by Crippen LogP contribution is -2.33. The molecule has 0 unspecified atom stereocenters. The largest absolute Gasteiger partial charge is 0.465 e. The average molecular weight is 514 g/mol. The van der Waals surface area contributed by atoms with Gasteiger partial charge in [0.25, 0.3) is 0 Å². The molecule has 1 saturated carbocycles. The zero-order valence-electron chi connectivity index (χ0n) is 22.1. The number of methoxy groups -OCH3 is 1. The van der Waals surface area contributed by atoms with Crippen LogP contribution in [0.1, 0.15) is 61.5 Å². The van der Waals surface area contributed by atoms with Gasteiger partial charge in [0.1, 0.15) is 0 Å². The van der Waals surface area contributed by atoms with Crippen LogP contribution in [0.2, 0.25) is 0 Å². The van der Waals surface area contributed by atoms with E-state index in [9.17, 15) is 4.79 Å². The van der Waals surface area contributed by atoms with Crippen LogP contribution in [0.15, 0.2) is 54.9 Å². The summed E-state index contributed by atoms with van der Waals surface area (Å²) >= 11 is 0. The maximum Gasteiger partial charge on any atom is 0.337 e. The normalized spacial score (nSPS) is 17.5. The van der Waals surface area contributed by atoms with Crippen molar-refractivity contribution in [1.82, 2.24) is 19.5 Å². The highest BCUT2D eigenvalue weighted by atomic mass is 16.5. The smallest absolute Gasteiger partial charge is 0.337 e. The summed E-state index contributed by atoms with van der Waals surface area (Å²) in [6.07, 6.45) is 5.90. The third-order valence-corrected chi connectivity index (χ3v) is 7.14. The Labute approximate surface area is 222 Å². The molecular weight excluding hydrogens is 478 g/mol. The van der Waals surface area contributed by atoms with Crippen LogP contribution in [-0.2, 0) is 11.3 Å². The molecule has 4 N–H and O–H groups in total. The molecule has 0 aliphatic heterocycles. The van der Waals surface area contributed by atoms with Crippen molar-refractivity contribution in [2.45, 2.75) is 64.2 Å². The van der Waals surface area contributed by atoms with E-state index < -0.39 is 0 Å². The van der Waals surface area contributed by atoms with E-state index in [1.807, 2.05) is 18.5 Å². The highest BCUT2D eigenvalue weighted by molar-refractivity contribution is 5.90. The molecule has 0 atom stereocenters. The minimum atomic E-state index is -0.337. The maximum atomic E-state index is 11.7. The topological polar surface area (TPSA) is 120 Å². The fourth-order valence-electron chi connectivity index (χ4n) is 4.85. The number of imidazole rings is 1. The average Bonchev–Trinajstić information content (AvgIpc) is 3.37. The van der Waals surface area contributed by atoms with Gasteiger partial charge in [0, 0.05) is 24.7 Å². The summed E-state index contributed by atoms with van der Waals surface area (Å²) in [6, 6.07) is 16.6. The molecule has 0 spiro atoms. The molecule has 0 radical (unpaired) electrons. The second kappa shape index (κ2) is 11.2. The molecule has 2 aromatic heterocycles. The highest BCUT2D eigenvalue weighted by Crippen LogP contribution is 2.27. The molecular formula is C29H35N7O2. The number of benzene rings is 2. The second-order valence-corrected chi connectivity index (χ2v) is 10.2. The first kappa shape index (κ1) is 25.7. The number of nitrogens with zero attached hydrogens (tertiary/aromatic N) is 4. The van der Waals surface area contributed by atoms with Gasteiger partial charge in [-0.05, 0) is 68.4 Å². The van der Waals surface area contributed by atoms with Crippen molar-refractivity contribution in [3.63, 3.8) is 0 Å². The van der Waals surface area contributed by atoms with Crippen molar-refractivity contribution in [2.24, 2.45) is 5.73 Å². The third-order valence-electron chi connectivity index (χ3n) is 7.14. The maximum absolute atomic E-state index is 11.7. The number of hydrogen-bond donors (Lipinski definition) is 3. The number of ether oxygens (including phenoxy) is 1. The number of nitrogens with two attached hydrogens (primary N) is 1. The molecule has 2 aromatic carbocycles. The minimum Gasteiger partial charge on any atom is -0.465 e. The lowest BCUT2D eigenvalue weighted by Gasteiger charge is -2.27. The number of aromatic nitrogens is 4. The van der Waals surface area contributed by atoms with Crippen LogP contribution < -0.4 is 16.4 Å². The van der Waals surface area contributed by atoms with Crippen LogP contribution in [0.25, 0.3) is 22.3 Å². The number of fused-ring (bicyclic) bond motifs is 1. The Bertz CT molecular complexity index is 1390. The molecule has 4 aromatic rings. The van der Waals surface area contributed by atoms with Crippen LogP contribution in [0.4, 0.5) is 11.8 Å². The van der Waals surface area contributed by atoms with Gasteiger partial charge in [-0.25, -0.2) is 9.78 Å². The Morgan fingerprint density at radius 3 is 2.32 bits per heavy atom. The van der Waals surface area contributed by atoms with E-state index in [1.165, 1.54) is 7.11 Å². The first-order valence-corrected chi connectivity index (χ1v) is 13.2. The number of rotatable bonds is 8. The van der Waals surface area contributed by atoms with Gasteiger partial charge in [-0.15, -0.1) is 0 Å². The molecule has 5 rings (SSSR count). The van der Waals surface area contributed by atoms with E-state index in [4.69, 9.17) is 20.4 Å². The standard InChI is InChI=1S/C29H35N7O2/c1-18(2)36-17-32-25-26(34-29(35-27(25)36)33-24-14-12-23(30)13-15-24)31-16-19-4-6-20(7-5-19)21-8-10-22(11-9-21)28(37)38-3/h4-11,17-18,23-24H,12-16,30H2,1-3H3,(H2,31,33,34,35). The summed E-state index contributed by atoms with van der Waals surface area (Å²) in [5, 5.41) is 7.03. The van der Waals surface area contributed by atoms with E-state index in [0.29, 0.717) is 36.0 Å². The Morgan fingerprint density at radius 2 is 1.68 bits per heavy atom. The Kier molecular flexibility index (Phi) is 7.55. The number of hydrogen-bond acceptors (Lipinski definition) is 8. The fraction of sp³-hybridized carbons (Fsp3) is 0.379. The van der Waals surface area contributed by atoms with Gasteiger partial charge in [0.15, 0.2) is 17.0 Å². The van der Waals surface area contributed by atoms with Crippen LogP contribution in [0.3, 0.4) is 0 Å². The van der Waals surface area contributed by atoms with E-state index >= 15 is 0 Å². The lowest BCUT2D eigenvalue weighted by molar-refractivity contribution is 0.0600. The first-order valence-electron chi connectivity index (χ1n) is 13.2. The van der Waals surface area contributed by atoms with Gasteiger partial charge in [0.2, 0.25) is 5.95 Å². The van der Waals surface area contributed by atoms with Crippen molar-refractivity contribution < 1.29 is 9.53 Å². The third kappa shape index (κ3) is 5.62. The molecule has 1 aliphatic carbocycles. The fourth-order valence-corrected chi connectivity index (χ4v) is 4.85. The number of carbonyl (C=O) groups excluding carboxylic acids is 1. The summed E-state index contributed by atoms with van der Waals surface area (Å²) < 4.78 is 6.85. The minimum absolute atomic E-state index is 0.234. The van der Waals surface area contributed by atoms with Crippen molar-refractivity contribution in [3.8, 4) is 11.1 Å². The number of nitrogens with one attached hydrogen (secondary N) is 2. The monoisotopic (exact) mass is 513 g/mol. The van der Waals surface area contributed by atoms with Crippen molar-refractivity contribution in [1.29, 1.82) is 0 Å². The van der Waals surface area contributed by atoms with Crippen LogP contribution >= 0.6 is 0 Å². The molecule has 1 fully saturated rings. The zero-order valence-corrected chi connectivity index (χ0v) is 22.1. The van der Waals surface area contributed by atoms with Gasteiger partial charge in [-0.2, -0.15) is 9.97 Å². The summed E-state index contributed by atoms with van der Waals surface area (Å²) in [6.45, 7) is 4.84. The molecule has 0 bridgehead atoms. The SMILES string of the molecule is COC(=O)c1ccc(-c2ccc(CNc3nc(NC4CCC(N)CC4)nc4c3ncn4C(C)C)cc2)cc1. The second-order valence-electron chi connectivity index (χ2n) is 10.2. The lowest BCUT2D eigenvalue weighted by atomic mass is 9.92. The molecule has 2 heterocycles. The van der Waals surface area contributed by atoms with Gasteiger partial charge < -0.3 is 25.7 Å². The summed E-state index contributed by atoms with van der Waals surface area (Å²) in [4.78, 5) is 26.0. The number of anilines is 2. The molecule has 9 nitrogen and oxygen atoms in total. The Balaban J connectivity index is 1.33. The predicted molar refractivity (Wildman–Crippen MR) is 150 cm³/mol. The first-order chi connectivity index (χ1) is 18.4. The Morgan fingerprint density at radius 1 is 1.03 bits per heavy atom. The van der Waals surface area contributed by atoms with Crippen LogP contribution in [-0.4, -0.2) is 44.7 Å². The summed E-state index contributed by atoms with van der Waals surface area (Å²) in [7, 11) is 1.38. The summed E-state index contributed by atoms with van der Waals surface area (Å²) in [5.41, 5.74) is 11.4. The molecule has 1 aliphatic rings. The van der Waals surface area contributed by atoms with E-state index in [0.717, 1.165) is 53.5 Å². The van der Waals surface area contributed by atoms with Gasteiger partial charge in [-0.3, -0.25) is 0 Å². The molecule has 0 saturated heterocycles. The predicted octanol–water partition coefficient (Wildman–Crippen LogP) is 5.15. The number of carbonyl (C=O) groups is 1. The molecule has 9 heteroatoms. The van der Waals surface area contributed by atoms with E-state index in [2.05, 4.69) is 58.3 Å². The van der Waals surface area contributed by atoms with Crippen molar-refractivity contribution >= 4 is 28.9 Å². The van der Waals surface area contributed by atoms with Crippen molar-refractivity contribution in [3.05, 3.63) is 66.0 Å². The van der Waals surface area contributed by atoms with Gasteiger partial charge >= 0.3 is 5.97 Å². The molecule has 38 heavy (non-hydrogen) atoms. The molecule has 0 amide bonds.